The van der Waals surface area contributed by atoms with Crippen molar-refractivity contribution in [2.45, 2.75) is 39.2 Å². The predicted molar refractivity (Wildman–Crippen MR) is 110 cm³/mol. The molecule has 0 bridgehead atoms. The summed E-state index contributed by atoms with van der Waals surface area (Å²) in [5, 5.41) is 0. The van der Waals surface area contributed by atoms with Crippen LogP contribution in [-0.2, 0) is 0 Å². The smallest absolute Gasteiger partial charge is 0.119 e. The summed E-state index contributed by atoms with van der Waals surface area (Å²) in [6.07, 6.45) is 3.91. The highest BCUT2D eigenvalue weighted by molar-refractivity contribution is 5.49. The first kappa shape index (κ1) is 19.5. The first-order chi connectivity index (χ1) is 12.5. The number of rotatable bonds is 7. The second-order valence-corrected chi connectivity index (χ2v) is 8.66. The largest absolute Gasteiger partial charge is 0.497 e. The van der Waals surface area contributed by atoms with Crippen LogP contribution < -0.4 is 9.64 Å². The average molecular weight is 360 g/mol. The van der Waals surface area contributed by atoms with Crippen molar-refractivity contribution in [3.8, 4) is 5.75 Å². The molecule has 26 heavy (non-hydrogen) atoms. The first-order valence-corrected chi connectivity index (χ1v) is 10.4. The molecule has 2 fully saturated rings. The van der Waals surface area contributed by atoms with Crippen LogP contribution in [0.15, 0.2) is 24.3 Å². The fourth-order valence-electron chi connectivity index (χ4n) is 4.66. The van der Waals surface area contributed by atoms with E-state index in [0.29, 0.717) is 0 Å². The van der Waals surface area contributed by atoms with Gasteiger partial charge >= 0.3 is 0 Å². The van der Waals surface area contributed by atoms with Crippen molar-refractivity contribution < 1.29 is 4.74 Å². The van der Waals surface area contributed by atoms with E-state index in [9.17, 15) is 0 Å². The Bertz CT molecular complexity index is 537. The Kier molecular flexibility index (Phi) is 6.82. The molecule has 2 heterocycles. The summed E-state index contributed by atoms with van der Waals surface area (Å²) >= 11 is 0. The molecule has 0 saturated carbocycles. The van der Waals surface area contributed by atoms with Crippen molar-refractivity contribution in [2.24, 2.45) is 11.8 Å². The fourth-order valence-corrected chi connectivity index (χ4v) is 4.66. The van der Waals surface area contributed by atoms with E-state index in [1.54, 1.807) is 7.11 Å². The van der Waals surface area contributed by atoms with Gasteiger partial charge in [-0.2, -0.15) is 0 Å². The van der Waals surface area contributed by atoms with Crippen LogP contribution in [-0.4, -0.2) is 69.3 Å². The minimum atomic E-state index is 0.739. The van der Waals surface area contributed by atoms with Crippen LogP contribution >= 0.6 is 0 Å². The molecule has 1 aromatic rings. The molecule has 0 spiro atoms. The van der Waals surface area contributed by atoms with Gasteiger partial charge in [0.25, 0.3) is 0 Å². The summed E-state index contributed by atoms with van der Waals surface area (Å²) in [5.74, 6) is 2.58. The molecule has 4 heteroatoms. The van der Waals surface area contributed by atoms with Gasteiger partial charge in [-0.3, -0.25) is 0 Å². The normalized spacial score (nSPS) is 22.5. The zero-order chi connectivity index (χ0) is 18.5. The minimum absolute atomic E-state index is 0.739. The molecule has 2 aliphatic heterocycles. The zero-order valence-electron chi connectivity index (χ0n) is 17.2. The Morgan fingerprint density at radius 3 is 2.38 bits per heavy atom. The van der Waals surface area contributed by atoms with Gasteiger partial charge in [0.1, 0.15) is 5.75 Å². The number of anilines is 1. The average Bonchev–Trinajstić information content (AvgIpc) is 3.08. The van der Waals surface area contributed by atoms with Gasteiger partial charge in [0.15, 0.2) is 0 Å². The minimum Gasteiger partial charge on any atom is -0.497 e. The zero-order valence-corrected chi connectivity index (χ0v) is 17.2. The van der Waals surface area contributed by atoms with E-state index in [1.807, 2.05) is 0 Å². The van der Waals surface area contributed by atoms with Crippen LogP contribution in [0.3, 0.4) is 0 Å². The molecule has 1 aromatic carbocycles. The van der Waals surface area contributed by atoms with Crippen LogP contribution in [0.5, 0.6) is 5.75 Å². The Morgan fingerprint density at radius 1 is 1.08 bits per heavy atom. The van der Waals surface area contributed by atoms with Crippen LogP contribution in [0.1, 0.15) is 33.1 Å². The maximum absolute atomic E-state index is 5.27. The van der Waals surface area contributed by atoms with Crippen LogP contribution in [0.2, 0.25) is 0 Å². The van der Waals surface area contributed by atoms with Crippen molar-refractivity contribution >= 4 is 5.69 Å². The maximum atomic E-state index is 5.27. The van der Waals surface area contributed by atoms with E-state index in [4.69, 9.17) is 4.74 Å². The lowest BCUT2D eigenvalue weighted by atomic mass is 10.0. The third-order valence-corrected chi connectivity index (χ3v) is 6.06. The van der Waals surface area contributed by atoms with E-state index in [-0.39, 0.29) is 0 Å². The van der Waals surface area contributed by atoms with Gasteiger partial charge < -0.3 is 19.4 Å². The molecule has 0 aromatic heterocycles. The number of ether oxygens (including phenoxy) is 1. The topological polar surface area (TPSA) is 19.0 Å². The number of benzene rings is 1. The predicted octanol–water partition coefficient (Wildman–Crippen LogP) is 3.57. The highest BCUT2D eigenvalue weighted by Crippen LogP contribution is 2.26. The quantitative estimate of drug-likeness (QED) is 0.741. The molecule has 3 rings (SSSR count). The van der Waals surface area contributed by atoms with E-state index < -0.39 is 0 Å². The summed E-state index contributed by atoms with van der Waals surface area (Å²) in [7, 11) is 4.07. The summed E-state index contributed by atoms with van der Waals surface area (Å²) in [6.45, 7) is 12.1. The molecule has 4 nitrogen and oxygen atoms in total. The van der Waals surface area contributed by atoms with Gasteiger partial charge in [0.2, 0.25) is 0 Å². The van der Waals surface area contributed by atoms with Crippen molar-refractivity contribution in [1.82, 2.24) is 9.80 Å². The van der Waals surface area contributed by atoms with Crippen molar-refractivity contribution in [1.29, 1.82) is 0 Å². The lowest BCUT2D eigenvalue weighted by molar-refractivity contribution is 0.176. The number of hydrogen-bond acceptors (Lipinski definition) is 4. The molecule has 146 valence electrons. The highest BCUT2D eigenvalue weighted by Gasteiger charge is 2.28. The fraction of sp³-hybridized carbons (Fsp3) is 0.727. The highest BCUT2D eigenvalue weighted by atomic mass is 16.5. The molecular formula is C22H37N3O. The monoisotopic (exact) mass is 359 g/mol. The summed E-state index contributed by atoms with van der Waals surface area (Å²) in [6, 6.07) is 9.24. The maximum Gasteiger partial charge on any atom is 0.119 e. The van der Waals surface area contributed by atoms with E-state index in [0.717, 1.165) is 36.7 Å². The third kappa shape index (κ3) is 5.14. The van der Waals surface area contributed by atoms with E-state index >= 15 is 0 Å². The molecule has 0 amide bonds. The van der Waals surface area contributed by atoms with E-state index in [1.165, 1.54) is 51.1 Å². The lowest BCUT2D eigenvalue weighted by Crippen LogP contribution is -2.45. The summed E-state index contributed by atoms with van der Waals surface area (Å²) in [5.41, 5.74) is 1.33. The molecule has 2 aliphatic rings. The Hall–Kier alpha value is -1.26. The van der Waals surface area contributed by atoms with Gasteiger partial charge in [0, 0.05) is 44.5 Å². The van der Waals surface area contributed by atoms with Crippen molar-refractivity contribution in [2.75, 3.05) is 58.3 Å². The van der Waals surface area contributed by atoms with E-state index in [2.05, 4.69) is 59.9 Å². The number of piperidine rings is 1. The molecule has 1 atom stereocenters. The van der Waals surface area contributed by atoms with Crippen molar-refractivity contribution in [3.63, 3.8) is 0 Å². The standard InChI is InChI=1S/C22H37N3O/c1-18(2)15-24-12-9-19(17-24)16-23(3)20-10-13-25(14-11-20)21-5-7-22(26-4)8-6-21/h5-8,18-20H,9-17H2,1-4H3. The second kappa shape index (κ2) is 9.09. The van der Waals surface area contributed by atoms with Gasteiger partial charge in [-0.1, -0.05) is 13.8 Å². The second-order valence-electron chi connectivity index (χ2n) is 8.66. The number of hydrogen-bond donors (Lipinski definition) is 0. The molecular weight excluding hydrogens is 322 g/mol. The van der Waals surface area contributed by atoms with Gasteiger partial charge in [-0.15, -0.1) is 0 Å². The van der Waals surface area contributed by atoms with Crippen LogP contribution in [0.25, 0.3) is 0 Å². The number of nitrogens with zero attached hydrogens (tertiary/aromatic N) is 3. The van der Waals surface area contributed by atoms with Gasteiger partial charge in [0.05, 0.1) is 7.11 Å². The molecule has 0 N–H and O–H groups in total. The molecule has 2 saturated heterocycles. The summed E-state index contributed by atoms with van der Waals surface area (Å²) < 4.78 is 5.27. The first-order valence-electron chi connectivity index (χ1n) is 10.4. The van der Waals surface area contributed by atoms with Crippen molar-refractivity contribution in [3.05, 3.63) is 24.3 Å². The van der Waals surface area contributed by atoms with Crippen LogP contribution in [0, 0.1) is 11.8 Å². The summed E-state index contributed by atoms with van der Waals surface area (Å²) in [4.78, 5) is 7.83. The molecule has 1 unspecified atom stereocenters. The Morgan fingerprint density at radius 2 is 1.77 bits per heavy atom. The van der Waals surface area contributed by atoms with Gasteiger partial charge in [-0.25, -0.2) is 0 Å². The lowest BCUT2D eigenvalue weighted by Gasteiger charge is -2.38. The van der Waals surface area contributed by atoms with Gasteiger partial charge in [-0.05, 0) is 69.0 Å². The molecule has 0 radical (unpaired) electrons. The third-order valence-electron chi connectivity index (χ3n) is 6.06. The number of likely N-dealkylation sites (tertiary alicyclic amines) is 1. The Labute approximate surface area is 160 Å². The van der Waals surface area contributed by atoms with Crippen LogP contribution in [0.4, 0.5) is 5.69 Å². The SMILES string of the molecule is COc1ccc(N2CCC(N(C)CC3CCN(CC(C)C)C3)CC2)cc1. The number of methoxy groups -OCH3 is 1. The Balaban J connectivity index is 1.42. The molecule has 0 aliphatic carbocycles.